The maximum Gasteiger partial charge on any atom is 0.222 e. The molecule has 3 rings (SSSR count). The lowest BCUT2D eigenvalue weighted by atomic mass is 10.2. The smallest absolute Gasteiger partial charge is 0.222 e. The first-order chi connectivity index (χ1) is 11.6. The summed E-state index contributed by atoms with van der Waals surface area (Å²) in [5.74, 6) is 0.700. The molecule has 1 heterocycles. The van der Waals surface area contributed by atoms with Crippen molar-refractivity contribution >= 4 is 32.5 Å². The summed E-state index contributed by atoms with van der Waals surface area (Å²) in [5.41, 5.74) is 1.82. The van der Waals surface area contributed by atoms with Gasteiger partial charge in [-0.05, 0) is 47.5 Å². The summed E-state index contributed by atoms with van der Waals surface area (Å²) >= 11 is 3.38. The Hall–Kier alpha value is -2.34. The number of rotatable bonds is 6. The highest BCUT2D eigenvalue weighted by Crippen LogP contribution is 2.40. The van der Waals surface area contributed by atoms with Gasteiger partial charge in [-0.2, -0.15) is 0 Å². The summed E-state index contributed by atoms with van der Waals surface area (Å²) in [6.07, 6.45) is 0.960. The van der Waals surface area contributed by atoms with Gasteiger partial charge >= 0.3 is 0 Å². The van der Waals surface area contributed by atoms with Crippen LogP contribution in [0.25, 0.3) is 10.9 Å². The second-order valence-electron chi connectivity index (χ2n) is 5.50. The first-order valence-corrected chi connectivity index (χ1v) is 8.49. The molecule has 124 valence electrons. The molecule has 0 bridgehead atoms. The fourth-order valence-corrected chi connectivity index (χ4v) is 3.00. The van der Waals surface area contributed by atoms with Crippen molar-refractivity contribution in [3.8, 4) is 11.6 Å². The van der Waals surface area contributed by atoms with Crippen LogP contribution in [0.5, 0.6) is 11.6 Å². The summed E-state index contributed by atoms with van der Waals surface area (Å²) in [7, 11) is 0. The van der Waals surface area contributed by atoms with Crippen LogP contribution in [0, 0.1) is 4.91 Å². The Labute approximate surface area is 148 Å². The predicted octanol–water partition coefficient (Wildman–Crippen LogP) is 5.34. The van der Waals surface area contributed by atoms with Gasteiger partial charge in [-0.3, -0.25) is 0 Å². The number of halogens is 1. The van der Waals surface area contributed by atoms with Crippen molar-refractivity contribution in [3.05, 3.63) is 57.4 Å². The predicted molar refractivity (Wildman–Crippen MR) is 98.1 cm³/mol. The molecule has 1 aromatic heterocycles. The molecule has 0 aliphatic carbocycles. The monoisotopic (exact) mass is 388 g/mol. The van der Waals surface area contributed by atoms with E-state index in [-0.39, 0.29) is 11.6 Å². The molecule has 24 heavy (non-hydrogen) atoms. The Morgan fingerprint density at radius 2 is 1.96 bits per heavy atom. The molecule has 0 saturated carbocycles. The van der Waals surface area contributed by atoms with E-state index in [4.69, 9.17) is 4.74 Å². The Kier molecular flexibility index (Phi) is 4.85. The third-order valence-corrected chi connectivity index (χ3v) is 4.29. The van der Waals surface area contributed by atoms with Gasteiger partial charge in [-0.25, -0.2) is 0 Å². The molecule has 0 aliphatic heterocycles. The van der Waals surface area contributed by atoms with E-state index in [1.807, 2.05) is 36.4 Å². The number of fused-ring (bicyclic) bond motifs is 1. The summed E-state index contributed by atoms with van der Waals surface area (Å²) in [4.78, 5) is 11.1. The maximum absolute atomic E-state index is 11.1. The van der Waals surface area contributed by atoms with Crippen molar-refractivity contribution in [3.63, 3.8) is 0 Å². The van der Waals surface area contributed by atoms with Gasteiger partial charge in [-0.1, -0.05) is 35.0 Å². The first kappa shape index (κ1) is 16.5. The van der Waals surface area contributed by atoms with Crippen LogP contribution in [-0.4, -0.2) is 16.3 Å². The number of ether oxygens (including phenoxy) is 1. The zero-order valence-corrected chi connectivity index (χ0v) is 14.8. The molecule has 0 saturated heterocycles. The van der Waals surface area contributed by atoms with Crippen LogP contribution in [0.1, 0.15) is 18.9 Å². The van der Waals surface area contributed by atoms with Crippen molar-refractivity contribution in [2.45, 2.75) is 19.9 Å². The average molecular weight is 389 g/mol. The Bertz CT molecular complexity index is 872. The molecule has 0 aliphatic rings. The molecule has 1 N–H and O–H groups in total. The SMILES string of the molecule is CCCOc1ccc(Cn2c(O)c(N=O)c3cc(Br)ccc32)cc1. The summed E-state index contributed by atoms with van der Waals surface area (Å²) in [5, 5.41) is 14.0. The Balaban J connectivity index is 1.95. The first-order valence-electron chi connectivity index (χ1n) is 7.70. The second kappa shape index (κ2) is 7.05. The molecular formula is C18H17BrN2O3. The summed E-state index contributed by atoms with van der Waals surface area (Å²) in [6, 6.07) is 13.2. The van der Waals surface area contributed by atoms with Gasteiger partial charge in [-0.15, -0.1) is 4.91 Å². The van der Waals surface area contributed by atoms with Crippen molar-refractivity contribution in [1.82, 2.24) is 4.57 Å². The molecule has 6 heteroatoms. The summed E-state index contributed by atoms with van der Waals surface area (Å²) in [6.45, 7) is 3.18. The molecule has 0 radical (unpaired) electrons. The van der Waals surface area contributed by atoms with E-state index < -0.39 is 0 Å². The number of hydrogen-bond acceptors (Lipinski definition) is 4. The van der Waals surface area contributed by atoms with Crippen molar-refractivity contribution in [2.24, 2.45) is 5.18 Å². The van der Waals surface area contributed by atoms with Crippen molar-refractivity contribution in [1.29, 1.82) is 0 Å². The van der Waals surface area contributed by atoms with E-state index in [2.05, 4.69) is 28.0 Å². The molecule has 0 amide bonds. The molecular weight excluding hydrogens is 372 g/mol. The fraction of sp³-hybridized carbons (Fsp3) is 0.222. The van der Waals surface area contributed by atoms with Gasteiger partial charge in [0, 0.05) is 9.86 Å². The van der Waals surface area contributed by atoms with Crippen LogP contribution in [-0.2, 0) is 6.54 Å². The van der Waals surface area contributed by atoms with E-state index in [9.17, 15) is 10.0 Å². The van der Waals surface area contributed by atoms with Crippen LogP contribution in [0.2, 0.25) is 0 Å². The molecule has 0 spiro atoms. The van der Waals surface area contributed by atoms with Crippen molar-refractivity contribution < 1.29 is 9.84 Å². The van der Waals surface area contributed by atoms with Crippen LogP contribution in [0.4, 0.5) is 5.69 Å². The van der Waals surface area contributed by atoms with Gasteiger partial charge in [0.15, 0.2) is 5.69 Å². The second-order valence-corrected chi connectivity index (χ2v) is 6.42. The highest BCUT2D eigenvalue weighted by molar-refractivity contribution is 9.10. The standard InChI is InChI=1S/C18H17BrN2O3/c1-2-9-24-14-6-3-12(4-7-14)11-21-16-8-5-13(19)10-15(16)17(20-23)18(21)22/h3-8,10,22H,2,9,11H2,1H3. The normalized spacial score (nSPS) is 10.9. The average Bonchev–Trinajstić information content (AvgIpc) is 2.85. The quantitative estimate of drug-likeness (QED) is 0.579. The zero-order valence-electron chi connectivity index (χ0n) is 13.2. The molecule has 0 unspecified atom stereocenters. The van der Waals surface area contributed by atoms with Gasteiger partial charge in [0.05, 0.1) is 18.7 Å². The van der Waals surface area contributed by atoms with E-state index in [1.165, 1.54) is 0 Å². The van der Waals surface area contributed by atoms with Gasteiger partial charge in [0.2, 0.25) is 5.88 Å². The van der Waals surface area contributed by atoms with Gasteiger partial charge < -0.3 is 14.4 Å². The van der Waals surface area contributed by atoms with Crippen LogP contribution >= 0.6 is 15.9 Å². The minimum absolute atomic E-state index is 0.0641. The van der Waals surface area contributed by atoms with Crippen molar-refractivity contribution in [2.75, 3.05) is 6.61 Å². The highest BCUT2D eigenvalue weighted by Gasteiger charge is 2.18. The van der Waals surface area contributed by atoms with E-state index in [0.717, 1.165) is 27.7 Å². The lowest BCUT2D eigenvalue weighted by Gasteiger charge is -2.09. The number of aromatic nitrogens is 1. The number of benzene rings is 2. The number of nitrogens with zero attached hydrogens (tertiary/aromatic N) is 2. The van der Waals surface area contributed by atoms with E-state index >= 15 is 0 Å². The van der Waals surface area contributed by atoms with E-state index in [0.29, 0.717) is 18.5 Å². The molecule has 3 aromatic rings. The zero-order chi connectivity index (χ0) is 17.1. The summed E-state index contributed by atoms with van der Waals surface area (Å²) < 4.78 is 8.08. The van der Waals surface area contributed by atoms with Gasteiger partial charge in [0.25, 0.3) is 0 Å². The highest BCUT2D eigenvalue weighted by atomic mass is 79.9. The van der Waals surface area contributed by atoms with Crippen LogP contribution in [0.15, 0.2) is 52.1 Å². The number of hydrogen-bond donors (Lipinski definition) is 1. The fourth-order valence-electron chi connectivity index (χ4n) is 2.64. The lowest BCUT2D eigenvalue weighted by molar-refractivity contribution is 0.317. The topological polar surface area (TPSA) is 63.8 Å². The minimum Gasteiger partial charge on any atom is -0.494 e. The molecule has 0 fully saturated rings. The number of aromatic hydroxyl groups is 1. The van der Waals surface area contributed by atoms with Gasteiger partial charge in [0.1, 0.15) is 5.75 Å². The molecule has 0 atom stereocenters. The van der Waals surface area contributed by atoms with E-state index in [1.54, 1.807) is 10.6 Å². The largest absolute Gasteiger partial charge is 0.494 e. The number of nitroso groups, excluding NO2 is 1. The third-order valence-electron chi connectivity index (χ3n) is 3.80. The Morgan fingerprint density at radius 1 is 1.21 bits per heavy atom. The molecule has 5 nitrogen and oxygen atoms in total. The van der Waals surface area contributed by atoms with Crippen LogP contribution in [0.3, 0.4) is 0 Å². The minimum atomic E-state index is -0.121. The van der Waals surface area contributed by atoms with Crippen LogP contribution < -0.4 is 4.74 Å². The molecule has 2 aromatic carbocycles. The maximum atomic E-state index is 11.1. The third kappa shape index (κ3) is 3.14. The Morgan fingerprint density at radius 3 is 2.62 bits per heavy atom. The lowest BCUT2D eigenvalue weighted by Crippen LogP contribution is -1.99.